The van der Waals surface area contributed by atoms with Gasteiger partial charge in [-0.05, 0) is 40.5 Å². The molecule has 1 rings (SSSR count). The van der Waals surface area contributed by atoms with E-state index in [-0.39, 0.29) is 0 Å². The highest BCUT2D eigenvalue weighted by Gasteiger charge is 1.94. The Morgan fingerprint density at radius 3 is 2.80 bits per heavy atom. The molecule has 0 N–H and O–H groups in total. The Morgan fingerprint density at radius 2 is 2.30 bits per heavy atom. The third-order valence-electron chi connectivity index (χ3n) is 1.14. The molecule has 0 fully saturated rings. The molecule has 0 atom stereocenters. The van der Waals surface area contributed by atoms with Crippen molar-refractivity contribution >= 4 is 27.5 Å². The van der Waals surface area contributed by atoms with E-state index in [1.165, 1.54) is 0 Å². The van der Waals surface area contributed by atoms with Gasteiger partial charge in [0.1, 0.15) is 4.60 Å². The summed E-state index contributed by atoms with van der Waals surface area (Å²) in [4.78, 5) is 4.14. The predicted molar refractivity (Wildman–Crippen MR) is 46.2 cm³/mol. The van der Waals surface area contributed by atoms with Crippen molar-refractivity contribution in [3.8, 4) is 0 Å². The van der Waals surface area contributed by atoms with Crippen molar-refractivity contribution in [2.75, 3.05) is 0 Å². The minimum atomic E-state index is 0.544. The number of halogens is 2. The van der Waals surface area contributed by atoms with Crippen LogP contribution >= 0.6 is 27.5 Å². The summed E-state index contributed by atoms with van der Waals surface area (Å²) in [6.45, 7) is 1.95. The molecule has 0 radical (unpaired) electrons. The molecule has 0 amide bonds. The zero-order chi connectivity index (χ0) is 7.56. The molecule has 0 aliphatic heterocycles. The number of aromatic nitrogens is 1. The van der Waals surface area contributed by atoms with Crippen LogP contribution in [0.15, 0.2) is 16.7 Å². The van der Waals surface area contributed by atoms with E-state index in [0.29, 0.717) is 5.88 Å². The second-order valence-electron chi connectivity index (χ2n) is 2.07. The van der Waals surface area contributed by atoms with E-state index in [0.717, 1.165) is 15.9 Å². The summed E-state index contributed by atoms with van der Waals surface area (Å²) >= 11 is 8.91. The molecule has 0 bridgehead atoms. The van der Waals surface area contributed by atoms with E-state index < -0.39 is 0 Å². The van der Waals surface area contributed by atoms with Gasteiger partial charge in [-0.3, -0.25) is 0 Å². The maximum atomic E-state index is 5.62. The number of alkyl halides is 1. The second kappa shape index (κ2) is 3.35. The monoisotopic (exact) mass is 219 g/mol. The Bertz CT molecular complexity index is 217. The van der Waals surface area contributed by atoms with Gasteiger partial charge in [0.25, 0.3) is 0 Å². The van der Waals surface area contributed by atoms with Gasteiger partial charge >= 0.3 is 0 Å². The van der Waals surface area contributed by atoms with E-state index >= 15 is 0 Å². The maximum absolute atomic E-state index is 5.62. The number of hydrogen-bond acceptors (Lipinski definition) is 1. The van der Waals surface area contributed by atoms with Crippen LogP contribution in [0, 0.1) is 6.92 Å². The summed E-state index contributed by atoms with van der Waals surface area (Å²) in [5.74, 6) is 0.544. The van der Waals surface area contributed by atoms with Crippen LogP contribution < -0.4 is 0 Å². The molecule has 0 unspecified atom stereocenters. The van der Waals surface area contributed by atoms with Crippen LogP contribution in [0.5, 0.6) is 0 Å². The highest BCUT2D eigenvalue weighted by Crippen LogP contribution is 2.12. The van der Waals surface area contributed by atoms with Crippen LogP contribution in [-0.2, 0) is 5.88 Å². The Kier molecular flexibility index (Phi) is 2.69. The third-order valence-corrected chi connectivity index (χ3v) is 1.85. The Labute approximate surface area is 73.6 Å². The van der Waals surface area contributed by atoms with Gasteiger partial charge in [-0.15, -0.1) is 11.6 Å². The zero-order valence-corrected chi connectivity index (χ0v) is 7.91. The largest absolute Gasteiger partial charge is 0.246 e. The maximum Gasteiger partial charge on any atom is 0.106 e. The van der Waals surface area contributed by atoms with Crippen LogP contribution in [-0.4, -0.2) is 4.98 Å². The van der Waals surface area contributed by atoms with Gasteiger partial charge in [0.2, 0.25) is 0 Å². The quantitative estimate of drug-likeness (QED) is 0.524. The molecule has 10 heavy (non-hydrogen) atoms. The summed E-state index contributed by atoms with van der Waals surface area (Å²) in [7, 11) is 0. The Morgan fingerprint density at radius 1 is 1.60 bits per heavy atom. The molecular weight excluding hydrogens is 213 g/mol. The normalized spacial score (nSPS) is 9.90. The minimum absolute atomic E-state index is 0.544. The first-order chi connectivity index (χ1) is 4.72. The van der Waals surface area contributed by atoms with Crippen LogP contribution in [0.4, 0.5) is 0 Å². The molecule has 0 saturated carbocycles. The lowest BCUT2D eigenvalue weighted by Crippen LogP contribution is -1.85. The van der Waals surface area contributed by atoms with E-state index in [9.17, 15) is 0 Å². The third kappa shape index (κ3) is 1.96. The van der Waals surface area contributed by atoms with Crippen molar-refractivity contribution in [1.82, 2.24) is 4.98 Å². The average Bonchev–Trinajstić information content (AvgIpc) is 1.85. The first-order valence-corrected chi connectivity index (χ1v) is 4.24. The van der Waals surface area contributed by atoms with Crippen LogP contribution in [0.1, 0.15) is 11.3 Å². The smallest absolute Gasteiger partial charge is 0.106 e. The molecule has 0 aliphatic rings. The molecule has 1 aromatic heterocycles. The van der Waals surface area contributed by atoms with Gasteiger partial charge in [-0.25, -0.2) is 4.98 Å². The molecular formula is C7H7BrClN. The van der Waals surface area contributed by atoms with Gasteiger partial charge in [0, 0.05) is 11.6 Å². The summed E-state index contributed by atoms with van der Waals surface area (Å²) in [5.41, 5.74) is 2.09. The van der Waals surface area contributed by atoms with E-state index in [1.807, 2.05) is 19.1 Å². The lowest BCUT2D eigenvalue weighted by atomic mass is 10.2. The zero-order valence-electron chi connectivity index (χ0n) is 5.56. The Hall–Kier alpha value is -0.0800. The van der Waals surface area contributed by atoms with Crippen LogP contribution in [0.25, 0.3) is 0 Å². The minimum Gasteiger partial charge on any atom is -0.246 e. The number of hydrogen-bond donors (Lipinski definition) is 0. The van der Waals surface area contributed by atoms with Crippen molar-refractivity contribution in [3.63, 3.8) is 0 Å². The molecule has 0 aromatic carbocycles. The fraction of sp³-hybridized carbons (Fsp3) is 0.286. The van der Waals surface area contributed by atoms with Gasteiger partial charge in [-0.1, -0.05) is 0 Å². The summed E-state index contributed by atoms with van der Waals surface area (Å²) < 4.78 is 0.850. The predicted octanol–water partition coefficient (Wildman–Crippen LogP) is 2.89. The number of aryl methyl sites for hydroxylation is 1. The van der Waals surface area contributed by atoms with Crippen molar-refractivity contribution in [2.24, 2.45) is 0 Å². The molecule has 3 heteroatoms. The van der Waals surface area contributed by atoms with Crippen molar-refractivity contribution < 1.29 is 0 Å². The van der Waals surface area contributed by atoms with Crippen LogP contribution in [0.3, 0.4) is 0 Å². The number of nitrogens with zero attached hydrogens (tertiary/aromatic N) is 1. The average molecular weight is 220 g/mol. The molecule has 54 valence electrons. The fourth-order valence-electron chi connectivity index (χ4n) is 0.773. The summed E-state index contributed by atoms with van der Waals surface area (Å²) in [5, 5.41) is 0. The highest BCUT2D eigenvalue weighted by atomic mass is 79.9. The first-order valence-electron chi connectivity index (χ1n) is 2.91. The van der Waals surface area contributed by atoms with Gasteiger partial charge < -0.3 is 0 Å². The number of rotatable bonds is 1. The Balaban J connectivity index is 3.06. The van der Waals surface area contributed by atoms with Crippen molar-refractivity contribution in [2.45, 2.75) is 12.8 Å². The molecule has 0 saturated heterocycles. The fourth-order valence-corrected chi connectivity index (χ4v) is 1.50. The topological polar surface area (TPSA) is 12.9 Å². The molecule has 1 heterocycles. The molecule has 1 nitrogen and oxygen atoms in total. The van der Waals surface area contributed by atoms with E-state index in [4.69, 9.17) is 11.6 Å². The standard InChI is InChI=1S/C7H7BrClN/c1-5-2-6(4-9)3-7(8)10-5/h2-3H,4H2,1H3. The molecule has 0 aliphatic carbocycles. The summed E-state index contributed by atoms with van der Waals surface area (Å²) in [6.07, 6.45) is 0. The lowest BCUT2D eigenvalue weighted by Gasteiger charge is -1.97. The van der Waals surface area contributed by atoms with Crippen molar-refractivity contribution in [3.05, 3.63) is 28.0 Å². The van der Waals surface area contributed by atoms with E-state index in [2.05, 4.69) is 20.9 Å². The number of pyridine rings is 1. The van der Waals surface area contributed by atoms with Crippen LogP contribution in [0.2, 0.25) is 0 Å². The second-order valence-corrected chi connectivity index (χ2v) is 3.15. The van der Waals surface area contributed by atoms with Gasteiger partial charge in [0.05, 0.1) is 0 Å². The first kappa shape index (κ1) is 8.02. The van der Waals surface area contributed by atoms with Gasteiger partial charge in [-0.2, -0.15) is 0 Å². The van der Waals surface area contributed by atoms with Gasteiger partial charge in [0.15, 0.2) is 0 Å². The summed E-state index contributed by atoms with van der Waals surface area (Å²) in [6, 6.07) is 3.89. The molecule has 0 spiro atoms. The van der Waals surface area contributed by atoms with Crippen molar-refractivity contribution in [1.29, 1.82) is 0 Å². The van der Waals surface area contributed by atoms with E-state index in [1.54, 1.807) is 0 Å². The molecule has 1 aromatic rings. The lowest BCUT2D eigenvalue weighted by molar-refractivity contribution is 1.14. The highest BCUT2D eigenvalue weighted by molar-refractivity contribution is 9.10. The SMILES string of the molecule is Cc1cc(CCl)cc(Br)n1.